The molecule has 1 heterocycles. The van der Waals surface area contributed by atoms with E-state index in [1.54, 1.807) is 0 Å². The monoisotopic (exact) mass is 264 g/mol. The number of ether oxygens (including phenoxy) is 1. The van der Waals surface area contributed by atoms with E-state index >= 15 is 0 Å². The number of nitrogens with zero attached hydrogens (tertiary/aromatic N) is 2. The van der Waals surface area contributed by atoms with Crippen LogP contribution in [0.4, 0.5) is 0 Å². The summed E-state index contributed by atoms with van der Waals surface area (Å²) < 4.78 is 5.65. The summed E-state index contributed by atoms with van der Waals surface area (Å²) in [5.41, 5.74) is 0. The second kappa shape index (κ2) is 6.63. The van der Waals surface area contributed by atoms with Crippen LogP contribution in [0.25, 0.3) is 0 Å². The fraction of sp³-hybridized carbons (Fsp3) is 0.500. The van der Waals surface area contributed by atoms with Crippen LogP contribution in [-0.2, 0) is 0 Å². The molecule has 0 unspecified atom stereocenters. The van der Waals surface area contributed by atoms with Crippen LogP contribution >= 0.6 is 11.6 Å². The number of benzene rings is 1. The molecule has 0 aliphatic carbocycles. The van der Waals surface area contributed by atoms with Gasteiger partial charge < -0.3 is 4.74 Å². The Labute approximate surface area is 113 Å². The lowest BCUT2D eigenvalue weighted by Gasteiger charge is -2.28. The molecular weight excluding hydrogens is 248 g/mol. The predicted octanol–water partition coefficient (Wildman–Crippen LogP) is 2.95. The van der Waals surface area contributed by atoms with Gasteiger partial charge in [0.25, 0.3) is 0 Å². The summed E-state index contributed by atoms with van der Waals surface area (Å²) in [6.45, 7) is 3.57. The summed E-state index contributed by atoms with van der Waals surface area (Å²) in [7, 11) is 0. The van der Waals surface area contributed by atoms with Crippen LogP contribution in [-0.4, -0.2) is 31.1 Å². The lowest BCUT2D eigenvalue weighted by Crippen LogP contribution is -2.36. The van der Waals surface area contributed by atoms with Crippen LogP contribution in [0.1, 0.15) is 12.8 Å². The van der Waals surface area contributed by atoms with Gasteiger partial charge in [0.15, 0.2) is 0 Å². The summed E-state index contributed by atoms with van der Waals surface area (Å²) in [6, 6.07) is 9.79. The summed E-state index contributed by atoms with van der Waals surface area (Å²) in [6.07, 6.45) is 1.96. The van der Waals surface area contributed by atoms with Gasteiger partial charge in [0.1, 0.15) is 12.4 Å². The first-order valence-corrected chi connectivity index (χ1v) is 6.66. The quantitative estimate of drug-likeness (QED) is 0.839. The van der Waals surface area contributed by atoms with E-state index in [4.69, 9.17) is 21.6 Å². The zero-order chi connectivity index (χ0) is 12.8. The third-order valence-electron chi connectivity index (χ3n) is 3.24. The molecule has 0 N–H and O–H groups in total. The van der Waals surface area contributed by atoms with Crippen molar-refractivity contribution >= 4 is 11.6 Å². The van der Waals surface area contributed by atoms with E-state index in [0.29, 0.717) is 11.6 Å². The van der Waals surface area contributed by atoms with Gasteiger partial charge in [-0.2, -0.15) is 5.26 Å². The molecule has 1 saturated heterocycles. The first-order valence-electron chi connectivity index (χ1n) is 6.28. The molecule has 0 aromatic heterocycles. The molecule has 1 aromatic carbocycles. The molecular formula is C14H17ClN2O. The summed E-state index contributed by atoms with van der Waals surface area (Å²) >= 11 is 5.88. The summed E-state index contributed by atoms with van der Waals surface area (Å²) in [4.78, 5) is 2.35. The summed E-state index contributed by atoms with van der Waals surface area (Å²) in [5, 5.41) is 9.52. The van der Waals surface area contributed by atoms with Gasteiger partial charge in [0.2, 0.25) is 0 Å². The smallest absolute Gasteiger partial charge is 0.120 e. The maximum absolute atomic E-state index is 8.82. The van der Waals surface area contributed by atoms with Gasteiger partial charge >= 0.3 is 0 Å². The highest BCUT2D eigenvalue weighted by molar-refractivity contribution is 6.30. The molecule has 96 valence electrons. The number of piperidine rings is 1. The largest absolute Gasteiger partial charge is 0.492 e. The van der Waals surface area contributed by atoms with Crippen molar-refractivity contribution in [3.8, 4) is 11.8 Å². The Morgan fingerprint density at radius 2 is 2.17 bits per heavy atom. The van der Waals surface area contributed by atoms with Crippen molar-refractivity contribution in [2.24, 2.45) is 5.92 Å². The van der Waals surface area contributed by atoms with Crippen LogP contribution in [0.5, 0.6) is 5.75 Å². The molecule has 0 saturated carbocycles. The Kier molecular flexibility index (Phi) is 4.86. The van der Waals surface area contributed by atoms with Crippen LogP contribution in [0.15, 0.2) is 24.3 Å². The van der Waals surface area contributed by atoms with E-state index in [2.05, 4.69) is 11.0 Å². The first-order chi connectivity index (χ1) is 8.78. The van der Waals surface area contributed by atoms with Crippen molar-refractivity contribution in [2.45, 2.75) is 12.8 Å². The molecule has 1 fully saturated rings. The Bertz CT molecular complexity index is 422. The van der Waals surface area contributed by atoms with E-state index < -0.39 is 0 Å². The van der Waals surface area contributed by atoms with Crippen molar-refractivity contribution in [2.75, 3.05) is 26.2 Å². The van der Waals surface area contributed by atoms with Gasteiger partial charge in [-0.15, -0.1) is 0 Å². The van der Waals surface area contributed by atoms with Crippen LogP contribution < -0.4 is 4.74 Å². The van der Waals surface area contributed by atoms with Gasteiger partial charge in [-0.25, -0.2) is 0 Å². The normalized spacial score (nSPS) is 17.3. The number of hydrogen-bond acceptors (Lipinski definition) is 3. The minimum absolute atomic E-state index is 0.245. The molecule has 1 aromatic rings. The third kappa shape index (κ3) is 3.90. The molecule has 0 radical (unpaired) electrons. The van der Waals surface area contributed by atoms with Crippen molar-refractivity contribution < 1.29 is 4.74 Å². The fourth-order valence-corrected chi connectivity index (χ4v) is 2.32. The number of hydrogen-bond donors (Lipinski definition) is 0. The minimum atomic E-state index is 0.245. The topological polar surface area (TPSA) is 36.3 Å². The van der Waals surface area contributed by atoms with Crippen LogP contribution in [0.3, 0.4) is 0 Å². The lowest BCUT2D eigenvalue weighted by molar-refractivity contribution is 0.169. The minimum Gasteiger partial charge on any atom is -0.492 e. The highest BCUT2D eigenvalue weighted by Crippen LogP contribution is 2.18. The Morgan fingerprint density at radius 1 is 1.39 bits per heavy atom. The zero-order valence-corrected chi connectivity index (χ0v) is 11.1. The Morgan fingerprint density at radius 3 is 2.83 bits per heavy atom. The van der Waals surface area contributed by atoms with Gasteiger partial charge in [-0.1, -0.05) is 17.7 Å². The highest BCUT2D eigenvalue weighted by atomic mass is 35.5. The van der Waals surface area contributed by atoms with Crippen LogP contribution in [0, 0.1) is 17.2 Å². The van der Waals surface area contributed by atoms with Crippen molar-refractivity contribution in [1.29, 1.82) is 5.26 Å². The second-order valence-corrected chi connectivity index (χ2v) is 4.99. The molecule has 4 heteroatoms. The van der Waals surface area contributed by atoms with E-state index in [9.17, 15) is 0 Å². The van der Waals surface area contributed by atoms with E-state index in [-0.39, 0.29) is 5.92 Å². The van der Waals surface area contributed by atoms with Crippen molar-refractivity contribution in [3.63, 3.8) is 0 Å². The molecule has 0 spiro atoms. The Hall–Kier alpha value is -1.24. The first kappa shape index (κ1) is 13.2. The van der Waals surface area contributed by atoms with Gasteiger partial charge in [0.05, 0.1) is 6.07 Å². The van der Waals surface area contributed by atoms with Gasteiger partial charge in [-0.05, 0) is 44.1 Å². The molecule has 0 atom stereocenters. The maximum atomic E-state index is 8.82. The number of halogens is 1. The third-order valence-corrected chi connectivity index (χ3v) is 3.48. The SMILES string of the molecule is N#CC1CCN(CCOc2cccc(Cl)c2)CC1. The molecule has 2 rings (SSSR count). The van der Waals surface area contributed by atoms with E-state index in [0.717, 1.165) is 38.2 Å². The number of rotatable bonds is 4. The van der Waals surface area contributed by atoms with Gasteiger partial charge in [0, 0.05) is 17.5 Å². The average molecular weight is 265 g/mol. The molecule has 0 bridgehead atoms. The molecule has 0 amide bonds. The second-order valence-electron chi connectivity index (χ2n) is 4.55. The molecule has 1 aliphatic heterocycles. The number of likely N-dealkylation sites (tertiary alicyclic amines) is 1. The van der Waals surface area contributed by atoms with E-state index in [1.165, 1.54) is 0 Å². The van der Waals surface area contributed by atoms with Gasteiger partial charge in [-0.3, -0.25) is 4.90 Å². The molecule has 1 aliphatic rings. The standard InChI is InChI=1S/C14H17ClN2O/c15-13-2-1-3-14(10-13)18-9-8-17-6-4-12(11-16)5-7-17/h1-3,10,12H,4-9H2. The lowest BCUT2D eigenvalue weighted by atomic mass is 9.99. The Balaban J connectivity index is 1.69. The maximum Gasteiger partial charge on any atom is 0.120 e. The molecule has 18 heavy (non-hydrogen) atoms. The van der Waals surface area contributed by atoms with Crippen molar-refractivity contribution in [1.82, 2.24) is 4.90 Å². The highest BCUT2D eigenvalue weighted by Gasteiger charge is 2.18. The average Bonchev–Trinajstić information content (AvgIpc) is 2.40. The molecule has 3 nitrogen and oxygen atoms in total. The summed E-state index contributed by atoms with van der Waals surface area (Å²) in [5.74, 6) is 1.06. The van der Waals surface area contributed by atoms with Crippen molar-refractivity contribution in [3.05, 3.63) is 29.3 Å². The number of nitriles is 1. The van der Waals surface area contributed by atoms with E-state index in [1.807, 2.05) is 24.3 Å². The predicted molar refractivity (Wildman–Crippen MR) is 71.7 cm³/mol. The fourth-order valence-electron chi connectivity index (χ4n) is 2.14. The van der Waals surface area contributed by atoms with Crippen LogP contribution in [0.2, 0.25) is 5.02 Å². The zero-order valence-electron chi connectivity index (χ0n) is 10.3.